The van der Waals surface area contributed by atoms with Crippen LogP contribution in [0.25, 0.3) is 0 Å². The van der Waals surface area contributed by atoms with Crippen LogP contribution in [0.4, 0.5) is 0 Å². The molecule has 1 aliphatic heterocycles. The van der Waals surface area contributed by atoms with E-state index in [1.807, 2.05) is 20.8 Å². The highest BCUT2D eigenvalue weighted by Gasteiger charge is 2.39. The summed E-state index contributed by atoms with van der Waals surface area (Å²) in [5.74, 6) is 1.48. The third-order valence-electron chi connectivity index (χ3n) is 3.28. The fraction of sp³-hybridized carbons (Fsp3) is 0.833. The fourth-order valence-electron chi connectivity index (χ4n) is 2.02. The first kappa shape index (κ1) is 13.2. The third-order valence-corrected chi connectivity index (χ3v) is 3.28. The van der Waals surface area contributed by atoms with E-state index in [-0.39, 0.29) is 5.54 Å². The van der Waals surface area contributed by atoms with E-state index in [1.54, 1.807) is 0 Å². The van der Waals surface area contributed by atoms with Crippen LogP contribution in [0.1, 0.15) is 58.3 Å². The van der Waals surface area contributed by atoms with Gasteiger partial charge in [-0.3, -0.25) is 4.90 Å². The summed E-state index contributed by atoms with van der Waals surface area (Å²) in [6, 6.07) is 0.297. The Morgan fingerprint density at radius 2 is 2.00 bits per heavy atom. The molecule has 0 amide bonds. The molecular formula is C12H23N3O. The summed E-state index contributed by atoms with van der Waals surface area (Å²) >= 11 is 0. The molecule has 0 spiro atoms. The second kappa shape index (κ2) is 4.95. The van der Waals surface area contributed by atoms with Crippen LogP contribution >= 0.6 is 0 Å². The minimum Gasteiger partial charge on any atom is -0.338 e. The SMILES string of the molecule is CC.Cc1noc(C2CCC(C)(C)N2C)n1. The van der Waals surface area contributed by atoms with E-state index in [2.05, 4.69) is 35.9 Å². The number of hydrogen-bond donors (Lipinski definition) is 0. The molecule has 16 heavy (non-hydrogen) atoms. The monoisotopic (exact) mass is 225 g/mol. The van der Waals surface area contributed by atoms with Crippen LogP contribution in [0.2, 0.25) is 0 Å². The van der Waals surface area contributed by atoms with Crippen molar-refractivity contribution in [2.24, 2.45) is 0 Å². The van der Waals surface area contributed by atoms with E-state index in [4.69, 9.17) is 4.52 Å². The Morgan fingerprint density at radius 1 is 1.38 bits per heavy atom. The fourth-order valence-corrected chi connectivity index (χ4v) is 2.02. The van der Waals surface area contributed by atoms with Crippen molar-refractivity contribution >= 4 is 0 Å². The largest absolute Gasteiger partial charge is 0.338 e. The number of nitrogens with zero attached hydrogens (tertiary/aromatic N) is 3. The van der Waals surface area contributed by atoms with Gasteiger partial charge in [0.2, 0.25) is 5.89 Å². The Hall–Kier alpha value is -0.900. The van der Waals surface area contributed by atoms with Crippen molar-refractivity contribution in [2.45, 2.75) is 59.0 Å². The number of aromatic nitrogens is 2. The zero-order chi connectivity index (χ0) is 12.3. The first-order valence-corrected chi connectivity index (χ1v) is 6.04. The van der Waals surface area contributed by atoms with Crippen LogP contribution in [0, 0.1) is 6.92 Å². The van der Waals surface area contributed by atoms with E-state index in [0.717, 1.165) is 18.1 Å². The van der Waals surface area contributed by atoms with Crippen molar-refractivity contribution in [3.05, 3.63) is 11.7 Å². The molecule has 1 fully saturated rings. The number of hydrogen-bond acceptors (Lipinski definition) is 4. The van der Waals surface area contributed by atoms with Crippen molar-refractivity contribution in [3.8, 4) is 0 Å². The van der Waals surface area contributed by atoms with Crippen LogP contribution in [-0.4, -0.2) is 27.6 Å². The van der Waals surface area contributed by atoms with E-state index in [0.29, 0.717) is 6.04 Å². The average molecular weight is 225 g/mol. The lowest BCUT2D eigenvalue weighted by atomic mass is 10.0. The normalized spacial score (nSPS) is 24.0. The van der Waals surface area contributed by atoms with Crippen LogP contribution < -0.4 is 0 Å². The molecule has 1 aromatic heterocycles. The quantitative estimate of drug-likeness (QED) is 0.737. The van der Waals surface area contributed by atoms with Crippen molar-refractivity contribution in [2.75, 3.05) is 7.05 Å². The molecule has 0 bridgehead atoms. The van der Waals surface area contributed by atoms with Gasteiger partial charge < -0.3 is 4.52 Å². The molecule has 1 aliphatic rings. The van der Waals surface area contributed by atoms with Gasteiger partial charge in [0.25, 0.3) is 0 Å². The summed E-state index contributed by atoms with van der Waals surface area (Å²) < 4.78 is 5.21. The molecular weight excluding hydrogens is 202 g/mol. The Bertz CT molecular complexity index is 333. The van der Waals surface area contributed by atoms with Crippen molar-refractivity contribution in [1.29, 1.82) is 0 Å². The van der Waals surface area contributed by atoms with Crippen molar-refractivity contribution < 1.29 is 4.52 Å². The Balaban J connectivity index is 0.000000606. The Labute approximate surface area is 98.0 Å². The predicted octanol–water partition coefficient (Wildman–Crippen LogP) is 2.95. The van der Waals surface area contributed by atoms with Gasteiger partial charge in [-0.2, -0.15) is 4.98 Å². The van der Waals surface area contributed by atoms with Crippen LogP contribution in [-0.2, 0) is 0 Å². The zero-order valence-corrected chi connectivity index (χ0v) is 11.2. The summed E-state index contributed by atoms with van der Waals surface area (Å²) in [6.45, 7) is 10.3. The summed E-state index contributed by atoms with van der Waals surface area (Å²) in [5.41, 5.74) is 0.243. The van der Waals surface area contributed by atoms with E-state index >= 15 is 0 Å². The maximum Gasteiger partial charge on any atom is 0.243 e. The zero-order valence-electron chi connectivity index (χ0n) is 11.2. The van der Waals surface area contributed by atoms with Gasteiger partial charge in [0.1, 0.15) is 0 Å². The molecule has 0 radical (unpaired) electrons. The second-order valence-corrected chi connectivity index (χ2v) is 4.66. The topological polar surface area (TPSA) is 42.2 Å². The standard InChI is InChI=1S/C10H17N3O.C2H6/c1-7-11-9(14-12-7)8-5-6-10(2,3)13(8)4;1-2/h8H,5-6H2,1-4H3;1-2H3. The molecule has 1 saturated heterocycles. The second-order valence-electron chi connectivity index (χ2n) is 4.66. The van der Waals surface area contributed by atoms with Gasteiger partial charge in [0.15, 0.2) is 5.82 Å². The average Bonchev–Trinajstić information content (AvgIpc) is 2.77. The van der Waals surface area contributed by atoms with Gasteiger partial charge in [-0.1, -0.05) is 19.0 Å². The molecule has 0 aromatic carbocycles. The highest BCUT2D eigenvalue weighted by Crippen LogP contribution is 2.39. The first-order chi connectivity index (χ1) is 7.50. The number of rotatable bonds is 1. The first-order valence-electron chi connectivity index (χ1n) is 6.04. The molecule has 92 valence electrons. The van der Waals surface area contributed by atoms with Gasteiger partial charge >= 0.3 is 0 Å². The minimum absolute atomic E-state index is 0.243. The smallest absolute Gasteiger partial charge is 0.243 e. The van der Waals surface area contributed by atoms with E-state index < -0.39 is 0 Å². The maximum atomic E-state index is 5.21. The molecule has 1 unspecified atom stereocenters. The molecule has 1 atom stereocenters. The van der Waals surface area contributed by atoms with Crippen LogP contribution in [0.5, 0.6) is 0 Å². The number of aryl methyl sites for hydroxylation is 1. The highest BCUT2D eigenvalue weighted by atomic mass is 16.5. The highest BCUT2D eigenvalue weighted by molar-refractivity contribution is 5.01. The predicted molar refractivity (Wildman–Crippen MR) is 64.2 cm³/mol. The summed E-state index contributed by atoms with van der Waals surface area (Å²) in [7, 11) is 2.12. The Morgan fingerprint density at radius 3 is 2.38 bits per heavy atom. The summed E-state index contributed by atoms with van der Waals surface area (Å²) in [4.78, 5) is 6.61. The summed E-state index contributed by atoms with van der Waals surface area (Å²) in [6.07, 6.45) is 2.28. The molecule has 0 saturated carbocycles. The van der Waals surface area contributed by atoms with Gasteiger partial charge in [-0.05, 0) is 40.7 Å². The van der Waals surface area contributed by atoms with Crippen LogP contribution in [0.3, 0.4) is 0 Å². The molecule has 0 aliphatic carbocycles. The molecule has 0 N–H and O–H groups in total. The lowest BCUT2D eigenvalue weighted by Gasteiger charge is -2.30. The van der Waals surface area contributed by atoms with Gasteiger partial charge in [0, 0.05) is 5.54 Å². The molecule has 1 aromatic rings. The lowest BCUT2D eigenvalue weighted by molar-refractivity contribution is 0.146. The minimum atomic E-state index is 0.243. The molecule has 4 heteroatoms. The van der Waals surface area contributed by atoms with Crippen molar-refractivity contribution in [3.63, 3.8) is 0 Å². The Kier molecular flexibility index (Phi) is 4.08. The summed E-state index contributed by atoms with van der Waals surface area (Å²) in [5, 5.41) is 3.83. The molecule has 2 heterocycles. The molecule has 2 rings (SSSR count). The lowest BCUT2D eigenvalue weighted by Crippen LogP contribution is -2.36. The van der Waals surface area contributed by atoms with E-state index in [1.165, 1.54) is 6.42 Å². The van der Waals surface area contributed by atoms with Gasteiger partial charge in [0.05, 0.1) is 6.04 Å². The van der Waals surface area contributed by atoms with Gasteiger partial charge in [-0.25, -0.2) is 0 Å². The molecule has 4 nitrogen and oxygen atoms in total. The van der Waals surface area contributed by atoms with Crippen molar-refractivity contribution in [1.82, 2.24) is 15.0 Å². The number of likely N-dealkylation sites (tertiary alicyclic amines) is 1. The van der Waals surface area contributed by atoms with E-state index in [9.17, 15) is 0 Å². The van der Waals surface area contributed by atoms with Gasteiger partial charge in [-0.15, -0.1) is 0 Å². The van der Waals surface area contributed by atoms with Crippen LogP contribution in [0.15, 0.2) is 4.52 Å². The third kappa shape index (κ3) is 2.43. The maximum absolute atomic E-state index is 5.21.